The van der Waals surface area contributed by atoms with Crippen molar-refractivity contribution in [2.45, 2.75) is 47.0 Å². The lowest BCUT2D eigenvalue weighted by Gasteiger charge is -2.19. The van der Waals surface area contributed by atoms with Gasteiger partial charge < -0.3 is 20.4 Å². The Morgan fingerprint density at radius 3 is 1.11 bits per heavy atom. The number of aromatic hydroxyl groups is 4. The molecule has 4 rings (SSSR count). The van der Waals surface area contributed by atoms with Crippen LogP contribution in [0.3, 0.4) is 0 Å². The lowest BCUT2D eigenvalue weighted by Crippen LogP contribution is -2.03. The van der Waals surface area contributed by atoms with Gasteiger partial charge in [0.2, 0.25) is 0 Å². The van der Waals surface area contributed by atoms with E-state index in [9.17, 15) is 20.4 Å². The van der Waals surface area contributed by atoms with Crippen molar-refractivity contribution in [2.75, 3.05) is 0 Å². The van der Waals surface area contributed by atoms with Gasteiger partial charge in [0.25, 0.3) is 0 Å². The topological polar surface area (TPSA) is 80.9 Å². The van der Waals surface area contributed by atoms with Gasteiger partial charge in [0.05, 0.1) is 0 Å². The van der Waals surface area contributed by atoms with Gasteiger partial charge in [-0.25, -0.2) is 0 Å². The van der Waals surface area contributed by atoms with E-state index in [0.29, 0.717) is 30.8 Å². The summed E-state index contributed by atoms with van der Waals surface area (Å²) < 4.78 is 0. The molecule has 4 nitrogen and oxygen atoms in total. The highest BCUT2D eigenvalue weighted by Gasteiger charge is 2.17. The molecule has 0 amide bonds. The second kappa shape index (κ2) is 9.75. The van der Waals surface area contributed by atoms with Crippen molar-refractivity contribution in [3.63, 3.8) is 0 Å². The monoisotopic (exact) mass is 468 g/mol. The molecule has 0 fully saturated rings. The van der Waals surface area contributed by atoms with Crippen LogP contribution in [0, 0.1) is 27.7 Å². The quantitative estimate of drug-likeness (QED) is 0.260. The Balaban J connectivity index is 1.70. The first-order valence-corrected chi connectivity index (χ1v) is 11.8. The zero-order chi connectivity index (χ0) is 25.3. The molecule has 4 aromatic carbocycles. The number of rotatable bonds is 6. The van der Waals surface area contributed by atoms with Crippen molar-refractivity contribution in [3.8, 4) is 23.0 Å². The summed E-state index contributed by atoms with van der Waals surface area (Å²) >= 11 is 0. The van der Waals surface area contributed by atoms with Crippen molar-refractivity contribution >= 4 is 0 Å². The highest BCUT2D eigenvalue weighted by molar-refractivity contribution is 5.55. The molecule has 0 radical (unpaired) electrons. The summed E-state index contributed by atoms with van der Waals surface area (Å²) in [6, 6.07) is 18.3. The minimum Gasteiger partial charge on any atom is -0.508 e. The zero-order valence-corrected chi connectivity index (χ0v) is 20.7. The Bertz CT molecular complexity index is 1260. The molecule has 0 saturated carbocycles. The van der Waals surface area contributed by atoms with Crippen LogP contribution in [0.5, 0.6) is 23.0 Å². The highest BCUT2D eigenvalue weighted by atomic mass is 16.3. The zero-order valence-electron chi connectivity index (χ0n) is 20.7. The van der Waals surface area contributed by atoms with Gasteiger partial charge in [0.1, 0.15) is 23.0 Å². The minimum atomic E-state index is 0.222. The highest BCUT2D eigenvalue weighted by Crippen LogP contribution is 2.35. The molecule has 4 aromatic rings. The number of phenols is 4. The van der Waals surface area contributed by atoms with Crippen LogP contribution in [-0.4, -0.2) is 20.4 Å². The second-order valence-electron chi connectivity index (χ2n) is 9.45. The molecule has 35 heavy (non-hydrogen) atoms. The van der Waals surface area contributed by atoms with Gasteiger partial charge in [-0.3, -0.25) is 0 Å². The second-order valence-corrected chi connectivity index (χ2v) is 9.45. The molecule has 180 valence electrons. The lowest BCUT2D eigenvalue weighted by atomic mass is 9.87. The Kier molecular flexibility index (Phi) is 6.74. The maximum Gasteiger partial charge on any atom is 0.122 e. The molecule has 0 aromatic heterocycles. The molecular weight excluding hydrogens is 436 g/mol. The van der Waals surface area contributed by atoms with Gasteiger partial charge in [-0.05, 0) is 114 Å². The minimum absolute atomic E-state index is 0.222. The van der Waals surface area contributed by atoms with E-state index >= 15 is 0 Å². The fourth-order valence-corrected chi connectivity index (χ4v) is 4.60. The van der Waals surface area contributed by atoms with E-state index in [1.165, 1.54) is 0 Å². The Labute approximate surface area is 206 Å². The smallest absolute Gasteiger partial charge is 0.122 e. The van der Waals surface area contributed by atoms with E-state index in [1.54, 1.807) is 24.3 Å². The SMILES string of the molecule is Cc1c(Cc2cc(Cc3ccc(O)cc3)c(O)c(C)c2C)cc(Cc2ccc(O)cc2)c(O)c1C. The average Bonchev–Trinajstić information content (AvgIpc) is 2.84. The molecule has 0 aliphatic rings. The Hall–Kier alpha value is -3.92. The standard InChI is InChI=1S/C31H32O4/c1-18-20(3)30(34)26(13-22-5-9-28(32)10-6-22)16-24(18)15-25-17-27(31(35)21(4)19(25)2)14-23-7-11-29(33)12-8-23/h5-12,16-17,32-35H,13-15H2,1-4H3. The third-order valence-electron chi connectivity index (χ3n) is 7.15. The average molecular weight is 469 g/mol. The third-order valence-corrected chi connectivity index (χ3v) is 7.15. The van der Waals surface area contributed by atoms with E-state index in [-0.39, 0.29) is 11.5 Å². The Morgan fingerprint density at radius 1 is 0.429 bits per heavy atom. The third kappa shape index (κ3) is 5.12. The first kappa shape index (κ1) is 24.2. The number of phenolic OH excluding ortho intramolecular Hbond substituents is 4. The van der Waals surface area contributed by atoms with Crippen LogP contribution in [0.1, 0.15) is 55.6 Å². The van der Waals surface area contributed by atoms with E-state index in [0.717, 1.165) is 55.6 Å². The summed E-state index contributed by atoms with van der Waals surface area (Å²) in [4.78, 5) is 0. The Morgan fingerprint density at radius 2 is 0.771 bits per heavy atom. The first-order chi connectivity index (χ1) is 16.6. The van der Waals surface area contributed by atoms with Gasteiger partial charge in [0.15, 0.2) is 0 Å². The molecule has 0 unspecified atom stereocenters. The van der Waals surface area contributed by atoms with Gasteiger partial charge in [-0.2, -0.15) is 0 Å². The molecular formula is C31H32O4. The van der Waals surface area contributed by atoms with Crippen molar-refractivity contribution in [1.29, 1.82) is 0 Å². The largest absolute Gasteiger partial charge is 0.508 e. The van der Waals surface area contributed by atoms with Crippen LogP contribution in [-0.2, 0) is 19.3 Å². The van der Waals surface area contributed by atoms with E-state index in [1.807, 2.05) is 52.0 Å². The summed E-state index contributed by atoms with van der Waals surface area (Å²) in [6.45, 7) is 7.96. The van der Waals surface area contributed by atoms with Crippen LogP contribution in [0.2, 0.25) is 0 Å². The van der Waals surface area contributed by atoms with Crippen LogP contribution >= 0.6 is 0 Å². The van der Waals surface area contributed by atoms with E-state index in [4.69, 9.17) is 0 Å². The number of benzene rings is 4. The molecule has 0 bridgehead atoms. The molecule has 0 aliphatic heterocycles. The van der Waals surface area contributed by atoms with Crippen LogP contribution < -0.4 is 0 Å². The summed E-state index contributed by atoms with van der Waals surface area (Å²) in [5.41, 5.74) is 9.86. The summed E-state index contributed by atoms with van der Waals surface area (Å²) in [5, 5.41) is 40.9. The van der Waals surface area contributed by atoms with Gasteiger partial charge >= 0.3 is 0 Å². The predicted octanol–water partition coefficient (Wildman–Crippen LogP) is 6.52. The lowest BCUT2D eigenvalue weighted by molar-refractivity contribution is 0.464. The fourth-order valence-electron chi connectivity index (χ4n) is 4.60. The molecule has 4 heteroatoms. The first-order valence-electron chi connectivity index (χ1n) is 11.8. The van der Waals surface area contributed by atoms with E-state index in [2.05, 4.69) is 12.1 Å². The van der Waals surface area contributed by atoms with Crippen molar-refractivity contribution < 1.29 is 20.4 Å². The van der Waals surface area contributed by atoms with Crippen molar-refractivity contribution in [2.24, 2.45) is 0 Å². The summed E-state index contributed by atoms with van der Waals surface area (Å²) in [7, 11) is 0. The van der Waals surface area contributed by atoms with Crippen LogP contribution in [0.25, 0.3) is 0 Å². The summed E-state index contributed by atoms with van der Waals surface area (Å²) in [6.07, 6.45) is 1.82. The molecule has 0 saturated heterocycles. The maximum atomic E-state index is 10.8. The fraction of sp³-hybridized carbons (Fsp3) is 0.226. The molecule has 0 spiro atoms. The molecule has 0 aliphatic carbocycles. The number of hydrogen-bond acceptors (Lipinski definition) is 4. The van der Waals surface area contributed by atoms with Crippen molar-refractivity contribution in [3.05, 3.63) is 116 Å². The molecule has 4 N–H and O–H groups in total. The van der Waals surface area contributed by atoms with Gasteiger partial charge in [-0.15, -0.1) is 0 Å². The predicted molar refractivity (Wildman–Crippen MR) is 140 cm³/mol. The van der Waals surface area contributed by atoms with Gasteiger partial charge in [0, 0.05) is 12.8 Å². The van der Waals surface area contributed by atoms with Crippen molar-refractivity contribution in [1.82, 2.24) is 0 Å². The normalized spacial score (nSPS) is 11.1. The van der Waals surface area contributed by atoms with E-state index < -0.39 is 0 Å². The van der Waals surface area contributed by atoms with Gasteiger partial charge in [-0.1, -0.05) is 36.4 Å². The van der Waals surface area contributed by atoms with Crippen LogP contribution in [0.15, 0.2) is 60.7 Å². The summed E-state index contributed by atoms with van der Waals surface area (Å²) in [5.74, 6) is 1.07. The molecule has 0 heterocycles. The number of hydrogen-bond donors (Lipinski definition) is 4. The maximum absolute atomic E-state index is 10.8. The van der Waals surface area contributed by atoms with Crippen LogP contribution in [0.4, 0.5) is 0 Å². The molecule has 0 atom stereocenters.